The van der Waals surface area contributed by atoms with Crippen LogP contribution >= 0.6 is 12.2 Å². The molecule has 0 heterocycles. The van der Waals surface area contributed by atoms with Crippen LogP contribution in [0.3, 0.4) is 0 Å². The Hall–Kier alpha value is -1.09. The summed E-state index contributed by atoms with van der Waals surface area (Å²) in [5.74, 6) is 1.07. The highest BCUT2D eigenvalue weighted by atomic mass is 32.1. The van der Waals surface area contributed by atoms with E-state index in [-0.39, 0.29) is 6.04 Å². The van der Waals surface area contributed by atoms with E-state index in [1.807, 2.05) is 0 Å². The maximum Gasteiger partial charge on any atom is 0.167 e. The summed E-state index contributed by atoms with van der Waals surface area (Å²) in [6, 6.07) is 9.79. The monoisotopic (exact) mass is 290 g/mol. The van der Waals surface area contributed by atoms with Gasteiger partial charge >= 0.3 is 0 Å². The molecule has 1 aromatic carbocycles. The average Bonchev–Trinajstić information content (AvgIpc) is 3.19. The van der Waals surface area contributed by atoms with Gasteiger partial charge in [-0.2, -0.15) is 0 Å². The third-order valence-electron chi connectivity index (χ3n) is 3.83. The Labute approximate surface area is 128 Å². The van der Waals surface area contributed by atoms with Crippen LogP contribution in [-0.4, -0.2) is 11.2 Å². The van der Waals surface area contributed by atoms with Gasteiger partial charge in [-0.25, -0.2) is 0 Å². The topological polar surface area (TPSA) is 24.1 Å². The van der Waals surface area contributed by atoms with Crippen LogP contribution in [0.2, 0.25) is 0 Å². The molecular weight excluding hydrogens is 264 g/mol. The van der Waals surface area contributed by atoms with E-state index in [9.17, 15) is 0 Å². The lowest BCUT2D eigenvalue weighted by atomic mass is 9.93. The van der Waals surface area contributed by atoms with Crippen LogP contribution in [0.1, 0.15) is 63.6 Å². The molecule has 0 aromatic heterocycles. The Morgan fingerprint density at radius 3 is 2.05 bits per heavy atom. The molecule has 3 heteroatoms. The molecule has 2 rings (SSSR count). The second-order valence-electron chi connectivity index (χ2n) is 6.44. The van der Waals surface area contributed by atoms with Crippen molar-refractivity contribution >= 4 is 17.3 Å². The third-order valence-corrected chi connectivity index (χ3v) is 4.06. The summed E-state index contributed by atoms with van der Waals surface area (Å²) in [5.41, 5.74) is 2.69. The van der Waals surface area contributed by atoms with E-state index in [2.05, 4.69) is 62.6 Å². The molecule has 0 saturated heterocycles. The van der Waals surface area contributed by atoms with E-state index in [0.29, 0.717) is 17.9 Å². The highest BCUT2D eigenvalue weighted by molar-refractivity contribution is 7.80. The Bertz CT molecular complexity index is 447. The van der Waals surface area contributed by atoms with Crippen molar-refractivity contribution in [1.82, 2.24) is 10.6 Å². The molecule has 2 N–H and O–H groups in total. The van der Waals surface area contributed by atoms with E-state index in [0.717, 1.165) is 5.11 Å². The van der Waals surface area contributed by atoms with Crippen LogP contribution in [0.5, 0.6) is 0 Å². The van der Waals surface area contributed by atoms with Crippen molar-refractivity contribution in [2.45, 2.75) is 58.5 Å². The summed E-state index contributed by atoms with van der Waals surface area (Å²) in [6.45, 7) is 8.91. The number of thiocarbonyl (C=S) groups is 1. The van der Waals surface area contributed by atoms with Gasteiger partial charge in [-0.3, -0.25) is 0 Å². The van der Waals surface area contributed by atoms with Crippen LogP contribution in [0, 0.1) is 5.92 Å². The largest absolute Gasteiger partial charge is 0.360 e. The summed E-state index contributed by atoms with van der Waals surface area (Å²) >= 11 is 5.41. The fourth-order valence-corrected chi connectivity index (χ4v) is 2.61. The van der Waals surface area contributed by atoms with Crippen LogP contribution in [-0.2, 0) is 0 Å². The summed E-state index contributed by atoms with van der Waals surface area (Å²) in [6.07, 6.45) is 2.49. The van der Waals surface area contributed by atoms with Crippen LogP contribution in [0.25, 0.3) is 0 Å². The van der Waals surface area contributed by atoms with Crippen molar-refractivity contribution in [3.8, 4) is 0 Å². The maximum absolute atomic E-state index is 5.41. The highest BCUT2D eigenvalue weighted by Gasteiger charge is 2.23. The lowest BCUT2D eigenvalue weighted by molar-refractivity contribution is 0.468. The van der Waals surface area contributed by atoms with Gasteiger partial charge in [0.25, 0.3) is 0 Å². The van der Waals surface area contributed by atoms with E-state index in [1.54, 1.807) is 0 Å². The second kappa shape index (κ2) is 6.57. The zero-order valence-corrected chi connectivity index (χ0v) is 13.8. The van der Waals surface area contributed by atoms with E-state index in [1.165, 1.54) is 24.0 Å². The van der Waals surface area contributed by atoms with Gasteiger partial charge < -0.3 is 10.6 Å². The molecule has 1 atom stereocenters. The zero-order chi connectivity index (χ0) is 14.7. The van der Waals surface area contributed by atoms with E-state index < -0.39 is 0 Å². The minimum Gasteiger partial charge on any atom is -0.360 e. The Balaban J connectivity index is 2.04. The number of hydrogen-bond donors (Lipinski definition) is 2. The highest BCUT2D eigenvalue weighted by Crippen LogP contribution is 2.24. The van der Waals surface area contributed by atoms with Gasteiger partial charge in [0.05, 0.1) is 6.04 Å². The minimum atomic E-state index is 0.273. The summed E-state index contributed by atoms with van der Waals surface area (Å²) in [4.78, 5) is 0. The number of benzene rings is 1. The Kier molecular flexibility index (Phi) is 5.03. The first-order valence-electron chi connectivity index (χ1n) is 7.64. The molecule has 1 fully saturated rings. The Morgan fingerprint density at radius 1 is 1.05 bits per heavy atom. The van der Waals surface area contributed by atoms with Gasteiger partial charge in [-0.05, 0) is 48.0 Å². The van der Waals surface area contributed by atoms with Gasteiger partial charge in [0.2, 0.25) is 0 Å². The van der Waals surface area contributed by atoms with Gasteiger partial charge in [-0.1, -0.05) is 52.0 Å². The average molecular weight is 290 g/mol. The van der Waals surface area contributed by atoms with Gasteiger partial charge in [0, 0.05) is 6.04 Å². The summed E-state index contributed by atoms with van der Waals surface area (Å²) < 4.78 is 0. The molecule has 0 bridgehead atoms. The van der Waals surface area contributed by atoms with Gasteiger partial charge in [0.1, 0.15) is 0 Å². The Morgan fingerprint density at radius 2 is 1.60 bits per heavy atom. The molecular formula is C17H26N2S. The van der Waals surface area contributed by atoms with Crippen molar-refractivity contribution in [1.29, 1.82) is 0 Å². The lowest BCUT2D eigenvalue weighted by Gasteiger charge is -2.25. The van der Waals surface area contributed by atoms with Crippen molar-refractivity contribution < 1.29 is 0 Å². The molecule has 110 valence electrons. The standard InChI is InChI=1S/C17H26N2S/c1-11(2)13-5-7-14(8-6-13)16(12(3)4)19-17(20)18-15-9-10-15/h5-8,11-12,15-16H,9-10H2,1-4H3,(H2,18,19,20)/t16-/m1/s1. The fourth-order valence-electron chi connectivity index (χ4n) is 2.32. The zero-order valence-electron chi connectivity index (χ0n) is 12.9. The first-order valence-corrected chi connectivity index (χ1v) is 8.05. The molecule has 1 aromatic rings. The normalized spacial score (nSPS) is 16.3. The smallest absolute Gasteiger partial charge is 0.167 e. The van der Waals surface area contributed by atoms with Crippen LogP contribution in [0.15, 0.2) is 24.3 Å². The van der Waals surface area contributed by atoms with E-state index >= 15 is 0 Å². The van der Waals surface area contributed by atoms with Gasteiger partial charge in [-0.15, -0.1) is 0 Å². The SMILES string of the molecule is CC(C)c1ccc([C@H](NC(=S)NC2CC2)C(C)C)cc1. The number of rotatable bonds is 5. The third kappa shape index (κ3) is 4.20. The lowest BCUT2D eigenvalue weighted by Crippen LogP contribution is -2.40. The maximum atomic E-state index is 5.41. The molecule has 2 nitrogen and oxygen atoms in total. The van der Waals surface area contributed by atoms with E-state index in [4.69, 9.17) is 12.2 Å². The van der Waals surface area contributed by atoms with Crippen LogP contribution < -0.4 is 10.6 Å². The molecule has 0 radical (unpaired) electrons. The predicted octanol–water partition coefficient (Wildman–Crippen LogP) is 4.13. The van der Waals surface area contributed by atoms with Crippen molar-refractivity contribution in [2.75, 3.05) is 0 Å². The molecule has 20 heavy (non-hydrogen) atoms. The number of hydrogen-bond acceptors (Lipinski definition) is 1. The molecule has 0 spiro atoms. The summed E-state index contributed by atoms with van der Waals surface area (Å²) in [7, 11) is 0. The number of nitrogens with one attached hydrogen (secondary N) is 2. The molecule has 1 aliphatic rings. The van der Waals surface area contributed by atoms with Gasteiger partial charge in [0.15, 0.2) is 5.11 Å². The predicted molar refractivity (Wildman–Crippen MR) is 90.0 cm³/mol. The molecule has 0 unspecified atom stereocenters. The fraction of sp³-hybridized carbons (Fsp3) is 0.588. The molecule has 1 aliphatic carbocycles. The second-order valence-corrected chi connectivity index (χ2v) is 6.84. The minimum absolute atomic E-state index is 0.273. The van der Waals surface area contributed by atoms with Crippen LogP contribution in [0.4, 0.5) is 0 Å². The quantitative estimate of drug-likeness (QED) is 0.797. The van der Waals surface area contributed by atoms with Crippen molar-refractivity contribution in [3.05, 3.63) is 35.4 Å². The van der Waals surface area contributed by atoms with Crippen molar-refractivity contribution in [3.63, 3.8) is 0 Å². The summed E-state index contributed by atoms with van der Waals surface area (Å²) in [5, 5.41) is 7.62. The van der Waals surface area contributed by atoms with Crippen molar-refractivity contribution in [2.24, 2.45) is 5.92 Å². The molecule has 0 amide bonds. The first-order chi connectivity index (χ1) is 9.47. The first kappa shape index (κ1) is 15.3. The molecule has 1 saturated carbocycles. The molecule has 0 aliphatic heterocycles.